The summed E-state index contributed by atoms with van der Waals surface area (Å²) in [5.41, 5.74) is 0.468. The van der Waals surface area contributed by atoms with Crippen molar-refractivity contribution in [3.63, 3.8) is 0 Å². The molecule has 2 saturated heterocycles. The molecule has 0 radical (unpaired) electrons. The second-order valence-corrected chi connectivity index (χ2v) is 7.03. The molecule has 1 aromatic heterocycles. The van der Waals surface area contributed by atoms with Crippen molar-refractivity contribution in [2.75, 3.05) is 32.8 Å². The molecule has 130 valence electrons. The summed E-state index contributed by atoms with van der Waals surface area (Å²) in [5.74, 6) is 0.499. The summed E-state index contributed by atoms with van der Waals surface area (Å²) in [4.78, 5) is 18.9. The van der Waals surface area contributed by atoms with Crippen molar-refractivity contribution >= 4 is 29.7 Å². The number of ether oxygens (including phenoxy) is 1. The zero-order valence-corrected chi connectivity index (χ0v) is 15.3. The first-order chi connectivity index (χ1) is 10.8. The Hall–Kier alpha value is -0.690. The van der Waals surface area contributed by atoms with Crippen molar-refractivity contribution in [3.8, 4) is 0 Å². The Balaban J connectivity index is 0.00000192. The average molecular weight is 360 g/mol. The van der Waals surface area contributed by atoms with Crippen LogP contribution in [0.4, 0.5) is 0 Å². The van der Waals surface area contributed by atoms with Gasteiger partial charge in [-0.1, -0.05) is 0 Å². The minimum atomic E-state index is -0.298. The molecular formula is C16H26ClN3O2S. The van der Waals surface area contributed by atoms with Gasteiger partial charge in [-0.25, -0.2) is 9.78 Å². The molecule has 5 nitrogen and oxygen atoms in total. The largest absolute Gasteiger partial charge is 0.461 e. The van der Waals surface area contributed by atoms with E-state index in [0.29, 0.717) is 18.3 Å². The van der Waals surface area contributed by atoms with E-state index in [1.165, 1.54) is 25.8 Å². The van der Waals surface area contributed by atoms with E-state index in [9.17, 15) is 4.79 Å². The average Bonchev–Trinajstić information content (AvgIpc) is 3.17. The van der Waals surface area contributed by atoms with Crippen molar-refractivity contribution in [3.05, 3.63) is 16.1 Å². The highest BCUT2D eigenvalue weighted by molar-refractivity contribution is 7.09. The van der Waals surface area contributed by atoms with Crippen LogP contribution in [0.1, 0.15) is 54.1 Å². The number of hydrogen-bond donors (Lipinski definition) is 1. The third-order valence-electron chi connectivity index (χ3n) is 4.61. The molecule has 1 atom stereocenters. The number of halogens is 1. The van der Waals surface area contributed by atoms with Crippen molar-refractivity contribution in [1.29, 1.82) is 0 Å². The van der Waals surface area contributed by atoms with Crippen LogP contribution in [0.25, 0.3) is 0 Å². The Morgan fingerprint density at radius 2 is 2.22 bits per heavy atom. The van der Waals surface area contributed by atoms with Crippen LogP contribution in [0, 0.1) is 5.92 Å². The zero-order valence-electron chi connectivity index (χ0n) is 13.6. The zero-order chi connectivity index (χ0) is 15.4. The van der Waals surface area contributed by atoms with Crippen LogP contribution in [0.3, 0.4) is 0 Å². The number of esters is 1. The third kappa shape index (κ3) is 4.66. The van der Waals surface area contributed by atoms with Crippen molar-refractivity contribution in [2.24, 2.45) is 5.92 Å². The Morgan fingerprint density at radius 1 is 1.43 bits per heavy atom. The van der Waals surface area contributed by atoms with Gasteiger partial charge in [0.1, 0.15) is 5.01 Å². The Labute approximate surface area is 148 Å². The van der Waals surface area contributed by atoms with Gasteiger partial charge in [-0.05, 0) is 58.2 Å². The van der Waals surface area contributed by atoms with E-state index in [1.54, 1.807) is 11.3 Å². The lowest BCUT2D eigenvalue weighted by molar-refractivity contribution is 0.0520. The van der Waals surface area contributed by atoms with Gasteiger partial charge in [-0.2, -0.15) is 0 Å². The van der Waals surface area contributed by atoms with Crippen LogP contribution in [0.5, 0.6) is 0 Å². The van der Waals surface area contributed by atoms with Crippen LogP contribution < -0.4 is 5.32 Å². The fraction of sp³-hybridized carbons (Fsp3) is 0.750. The summed E-state index contributed by atoms with van der Waals surface area (Å²) < 4.78 is 5.04. The molecule has 0 aromatic carbocycles. The highest BCUT2D eigenvalue weighted by Gasteiger charge is 2.31. The number of carbonyl (C=O) groups is 1. The molecule has 0 bridgehead atoms. The standard InChI is InChI=1S/C16H25N3O2S.ClH/c1-2-21-16(20)13-11-22-15(18-13)14-4-3-9-19(14)10-12-5-7-17-8-6-12;/h11-12,14,17H,2-10H2,1H3;1H. The fourth-order valence-electron chi connectivity index (χ4n) is 3.46. The second kappa shape index (κ2) is 8.97. The molecular weight excluding hydrogens is 334 g/mol. The van der Waals surface area contributed by atoms with Crippen LogP contribution in [0.2, 0.25) is 0 Å². The summed E-state index contributed by atoms with van der Waals surface area (Å²) >= 11 is 1.60. The highest BCUT2D eigenvalue weighted by atomic mass is 35.5. The summed E-state index contributed by atoms with van der Waals surface area (Å²) in [6.07, 6.45) is 4.93. The van der Waals surface area contributed by atoms with Gasteiger partial charge in [0.15, 0.2) is 5.69 Å². The predicted octanol–water partition coefficient (Wildman–Crippen LogP) is 2.88. The quantitative estimate of drug-likeness (QED) is 0.819. The molecule has 0 spiro atoms. The Morgan fingerprint density at radius 3 is 2.96 bits per heavy atom. The molecule has 2 aliphatic heterocycles. The highest BCUT2D eigenvalue weighted by Crippen LogP contribution is 2.35. The van der Waals surface area contributed by atoms with Crippen molar-refractivity contribution in [2.45, 2.75) is 38.6 Å². The minimum Gasteiger partial charge on any atom is -0.461 e. The monoisotopic (exact) mass is 359 g/mol. The van der Waals surface area contributed by atoms with Crippen molar-refractivity contribution in [1.82, 2.24) is 15.2 Å². The topological polar surface area (TPSA) is 54.5 Å². The number of hydrogen-bond acceptors (Lipinski definition) is 6. The maximum atomic E-state index is 11.8. The molecule has 23 heavy (non-hydrogen) atoms. The van der Waals surface area contributed by atoms with Crippen LogP contribution >= 0.6 is 23.7 Å². The number of nitrogens with zero attached hydrogens (tertiary/aromatic N) is 2. The molecule has 1 unspecified atom stereocenters. The molecule has 3 heterocycles. The molecule has 1 aromatic rings. The number of nitrogens with one attached hydrogen (secondary N) is 1. The number of likely N-dealkylation sites (tertiary alicyclic amines) is 1. The van der Waals surface area contributed by atoms with E-state index in [2.05, 4.69) is 15.2 Å². The molecule has 1 N–H and O–H groups in total. The van der Waals surface area contributed by atoms with E-state index in [-0.39, 0.29) is 18.4 Å². The van der Waals surface area contributed by atoms with Gasteiger partial charge < -0.3 is 10.1 Å². The van der Waals surface area contributed by atoms with Crippen LogP contribution in [-0.4, -0.2) is 48.6 Å². The van der Waals surface area contributed by atoms with E-state index in [4.69, 9.17) is 4.74 Å². The van der Waals surface area contributed by atoms with Crippen LogP contribution in [-0.2, 0) is 4.74 Å². The van der Waals surface area contributed by atoms with Gasteiger partial charge in [0.2, 0.25) is 0 Å². The first kappa shape index (κ1) is 18.6. The lowest BCUT2D eigenvalue weighted by Gasteiger charge is -2.30. The van der Waals surface area contributed by atoms with E-state index >= 15 is 0 Å². The SMILES string of the molecule is CCOC(=O)c1csc(C2CCCN2CC2CCNCC2)n1.Cl. The Bertz CT molecular complexity index is 505. The predicted molar refractivity (Wildman–Crippen MR) is 94.5 cm³/mol. The molecule has 3 rings (SSSR count). The van der Waals surface area contributed by atoms with Gasteiger partial charge in [-0.15, -0.1) is 23.7 Å². The van der Waals surface area contributed by atoms with Gasteiger partial charge >= 0.3 is 5.97 Å². The maximum absolute atomic E-state index is 11.8. The van der Waals surface area contributed by atoms with Gasteiger partial charge in [-0.3, -0.25) is 4.90 Å². The fourth-order valence-corrected chi connectivity index (χ4v) is 4.42. The first-order valence-electron chi connectivity index (χ1n) is 8.35. The molecule has 0 amide bonds. The van der Waals surface area contributed by atoms with Gasteiger partial charge in [0, 0.05) is 11.9 Å². The smallest absolute Gasteiger partial charge is 0.357 e. The lowest BCUT2D eigenvalue weighted by Crippen LogP contribution is -2.36. The third-order valence-corrected chi connectivity index (χ3v) is 5.55. The summed E-state index contributed by atoms with van der Waals surface area (Å²) in [6, 6.07) is 0.392. The van der Waals surface area contributed by atoms with Crippen LogP contribution in [0.15, 0.2) is 5.38 Å². The van der Waals surface area contributed by atoms with Gasteiger partial charge in [0.05, 0.1) is 12.6 Å². The molecule has 2 aliphatic rings. The number of rotatable bonds is 5. The Kier molecular flexibility index (Phi) is 7.27. The number of thiazole rings is 1. The van der Waals surface area contributed by atoms with E-state index < -0.39 is 0 Å². The molecule has 0 aliphatic carbocycles. The van der Waals surface area contributed by atoms with Gasteiger partial charge in [0.25, 0.3) is 0 Å². The maximum Gasteiger partial charge on any atom is 0.357 e. The normalized spacial score (nSPS) is 22.7. The lowest BCUT2D eigenvalue weighted by atomic mass is 9.97. The van der Waals surface area contributed by atoms with E-state index in [0.717, 1.165) is 37.0 Å². The summed E-state index contributed by atoms with van der Waals surface area (Å²) in [5, 5.41) is 6.35. The number of carbonyl (C=O) groups excluding carboxylic acids is 1. The van der Waals surface area contributed by atoms with E-state index in [1.807, 2.05) is 12.3 Å². The first-order valence-corrected chi connectivity index (χ1v) is 9.23. The minimum absolute atomic E-state index is 0. The molecule has 0 saturated carbocycles. The number of aromatic nitrogens is 1. The number of piperidine rings is 1. The molecule has 7 heteroatoms. The molecule has 2 fully saturated rings. The summed E-state index contributed by atoms with van der Waals surface area (Å²) in [7, 11) is 0. The van der Waals surface area contributed by atoms with Crippen molar-refractivity contribution < 1.29 is 9.53 Å². The summed E-state index contributed by atoms with van der Waals surface area (Å²) in [6.45, 7) is 6.84. The second-order valence-electron chi connectivity index (χ2n) is 6.14.